The lowest BCUT2D eigenvalue weighted by atomic mass is 9.82. The Morgan fingerprint density at radius 3 is 2.63 bits per heavy atom. The van der Waals surface area contributed by atoms with Crippen LogP contribution < -0.4 is 15.6 Å². The maximum atomic E-state index is 5.07. The minimum absolute atomic E-state index is 0.208. The van der Waals surface area contributed by atoms with Crippen LogP contribution in [0.5, 0.6) is 6.01 Å². The molecule has 0 aliphatic carbocycles. The van der Waals surface area contributed by atoms with Crippen LogP contribution in [-0.2, 0) is 13.0 Å². The predicted octanol–water partition coefficient (Wildman–Crippen LogP) is 1.59. The van der Waals surface area contributed by atoms with Crippen molar-refractivity contribution in [2.45, 2.75) is 58.3 Å². The third kappa shape index (κ3) is 3.69. The minimum Gasteiger partial charge on any atom is -0.467 e. The standard InChI is InChI=1S/C19H29N7O/c1-19(2,3)15-7-14(24-25-15)17-16-13(22-11-23-16)5-6-26(17)10-12-8-20-18(27-4)21-9-12/h8-9,11,14-15,17,24-25H,5-7,10H2,1-4H3,(H,22,23). The lowest BCUT2D eigenvalue weighted by molar-refractivity contribution is 0.136. The molecule has 27 heavy (non-hydrogen) atoms. The van der Waals surface area contributed by atoms with E-state index in [0.29, 0.717) is 18.1 Å². The highest BCUT2D eigenvalue weighted by Crippen LogP contribution is 2.36. The smallest absolute Gasteiger partial charge is 0.316 e. The number of ether oxygens (including phenoxy) is 1. The van der Waals surface area contributed by atoms with E-state index in [4.69, 9.17) is 4.74 Å². The maximum absolute atomic E-state index is 5.07. The molecule has 3 N–H and O–H groups in total. The monoisotopic (exact) mass is 371 g/mol. The third-order valence-corrected chi connectivity index (χ3v) is 5.68. The van der Waals surface area contributed by atoms with E-state index in [1.165, 1.54) is 5.69 Å². The molecule has 4 rings (SSSR count). The topological polar surface area (TPSA) is 91.0 Å². The van der Waals surface area contributed by atoms with Crippen molar-refractivity contribution in [3.63, 3.8) is 0 Å². The number of fused-ring (bicyclic) bond motifs is 1. The average molecular weight is 371 g/mol. The summed E-state index contributed by atoms with van der Waals surface area (Å²) >= 11 is 0. The second-order valence-corrected chi connectivity index (χ2v) is 8.56. The summed E-state index contributed by atoms with van der Waals surface area (Å²) in [6, 6.07) is 1.34. The molecule has 0 amide bonds. The first-order valence-corrected chi connectivity index (χ1v) is 9.58. The van der Waals surface area contributed by atoms with Crippen molar-refractivity contribution in [2.75, 3.05) is 13.7 Å². The molecule has 0 spiro atoms. The summed E-state index contributed by atoms with van der Waals surface area (Å²) in [6.45, 7) is 8.61. The van der Waals surface area contributed by atoms with Crippen LogP contribution in [0, 0.1) is 5.41 Å². The summed E-state index contributed by atoms with van der Waals surface area (Å²) in [6.07, 6.45) is 7.56. The number of aromatic nitrogens is 4. The molecule has 8 nitrogen and oxygen atoms in total. The molecule has 1 saturated heterocycles. The van der Waals surface area contributed by atoms with E-state index >= 15 is 0 Å². The number of nitrogens with zero attached hydrogens (tertiary/aromatic N) is 4. The van der Waals surface area contributed by atoms with Gasteiger partial charge in [0, 0.05) is 55.2 Å². The van der Waals surface area contributed by atoms with E-state index in [2.05, 4.69) is 56.5 Å². The Hall–Kier alpha value is -2.03. The van der Waals surface area contributed by atoms with Gasteiger partial charge in [-0.25, -0.2) is 15.0 Å². The van der Waals surface area contributed by atoms with E-state index in [1.807, 2.05) is 18.7 Å². The van der Waals surface area contributed by atoms with Crippen LogP contribution in [0.1, 0.15) is 50.2 Å². The highest BCUT2D eigenvalue weighted by molar-refractivity contribution is 5.23. The fourth-order valence-electron chi connectivity index (χ4n) is 4.10. The quantitative estimate of drug-likeness (QED) is 0.752. The second-order valence-electron chi connectivity index (χ2n) is 8.56. The number of hydrazine groups is 1. The number of imidazole rings is 1. The molecule has 146 valence electrons. The lowest BCUT2D eigenvalue weighted by Gasteiger charge is -2.38. The van der Waals surface area contributed by atoms with Gasteiger partial charge in [0.1, 0.15) is 0 Å². The molecule has 1 fully saturated rings. The Balaban J connectivity index is 1.57. The first-order valence-electron chi connectivity index (χ1n) is 9.58. The number of aromatic amines is 1. The van der Waals surface area contributed by atoms with Gasteiger partial charge in [-0.3, -0.25) is 15.8 Å². The van der Waals surface area contributed by atoms with Gasteiger partial charge in [0.2, 0.25) is 0 Å². The summed E-state index contributed by atoms with van der Waals surface area (Å²) < 4.78 is 5.07. The van der Waals surface area contributed by atoms with Gasteiger partial charge < -0.3 is 9.72 Å². The van der Waals surface area contributed by atoms with Gasteiger partial charge in [0.15, 0.2) is 0 Å². The van der Waals surface area contributed by atoms with Gasteiger partial charge in [-0.05, 0) is 11.8 Å². The normalized spacial score (nSPS) is 26.1. The number of nitrogens with one attached hydrogen (secondary N) is 3. The van der Waals surface area contributed by atoms with E-state index in [0.717, 1.165) is 37.2 Å². The van der Waals surface area contributed by atoms with E-state index in [1.54, 1.807) is 7.11 Å². The predicted molar refractivity (Wildman–Crippen MR) is 102 cm³/mol. The van der Waals surface area contributed by atoms with E-state index in [-0.39, 0.29) is 11.5 Å². The van der Waals surface area contributed by atoms with Crippen LogP contribution in [-0.4, -0.2) is 50.6 Å². The molecule has 2 aromatic rings. The lowest BCUT2D eigenvalue weighted by Crippen LogP contribution is -2.46. The molecule has 2 aliphatic rings. The Morgan fingerprint density at radius 1 is 1.19 bits per heavy atom. The van der Waals surface area contributed by atoms with Crippen LogP contribution in [0.3, 0.4) is 0 Å². The van der Waals surface area contributed by atoms with Gasteiger partial charge in [-0.2, -0.15) is 0 Å². The highest BCUT2D eigenvalue weighted by atomic mass is 16.5. The average Bonchev–Trinajstić information content (AvgIpc) is 3.31. The molecule has 0 radical (unpaired) electrons. The van der Waals surface area contributed by atoms with Crippen molar-refractivity contribution in [1.82, 2.24) is 35.7 Å². The van der Waals surface area contributed by atoms with Crippen molar-refractivity contribution in [2.24, 2.45) is 5.41 Å². The Bertz CT molecular complexity index is 767. The van der Waals surface area contributed by atoms with Crippen LogP contribution in [0.4, 0.5) is 0 Å². The summed E-state index contributed by atoms with van der Waals surface area (Å²) in [5.74, 6) is 0. The van der Waals surface area contributed by atoms with Crippen LogP contribution in [0.15, 0.2) is 18.7 Å². The van der Waals surface area contributed by atoms with E-state index in [9.17, 15) is 0 Å². The molecular formula is C19H29N7O. The van der Waals surface area contributed by atoms with Crippen molar-refractivity contribution in [1.29, 1.82) is 0 Å². The Kier molecular flexibility index (Phi) is 4.88. The third-order valence-electron chi connectivity index (χ3n) is 5.68. The van der Waals surface area contributed by atoms with Crippen LogP contribution >= 0.6 is 0 Å². The zero-order valence-electron chi connectivity index (χ0n) is 16.5. The molecule has 3 unspecified atom stereocenters. The van der Waals surface area contributed by atoms with Crippen molar-refractivity contribution < 1.29 is 4.74 Å². The largest absolute Gasteiger partial charge is 0.467 e. The Morgan fingerprint density at radius 2 is 1.96 bits per heavy atom. The van der Waals surface area contributed by atoms with Gasteiger partial charge in [-0.15, -0.1) is 0 Å². The summed E-state index contributed by atoms with van der Waals surface area (Å²) in [4.78, 5) is 19.0. The fourth-order valence-corrected chi connectivity index (χ4v) is 4.10. The molecular weight excluding hydrogens is 342 g/mol. The molecule has 0 saturated carbocycles. The summed E-state index contributed by atoms with van der Waals surface area (Å²) in [7, 11) is 1.58. The molecule has 3 atom stereocenters. The first kappa shape index (κ1) is 18.3. The summed E-state index contributed by atoms with van der Waals surface area (Å²) in [5, 5.41) is 0. The minimum atomic E-state index is 0.208. The number of rotatable bonds is 4. The zero-order chi connectivity index (χ0) is 19.0. The molecule has 0 aromatic carbocycles. The zero-order valence-corrected chi connectivity index (χ0v) is 16.5. The number of methoxy groups -OCH3 is 1. The van der Waals surface area contributed by atoms with Gasteiger partial charge >= 0.3 is 6.01 Å². The maximum Gasteiger partial charge on any atom is 0.316 e. The molecule has 2 aromatic heterocycles. The van der Waals surface area contributed by atoms with Crippen LogP contribution in [0.25, 0.3) is 0 Å². The summed E-state index contributed by atoms with van der Waals surface area (Å²) in [5.41, 5.74) is 10.8. The van der Waals surface area contributed by atoms with Gasteiger partial charge in [0.05, 0.1) is 25.2 Å². The van der Waals surface area contributed by atoms with Gasteiger partial charge in [-0.1, -0.05) is 20.8 Å². The Labute approximate surface area is 160 Å². The number of hydrogen-bond donors (Lipinski definition) is 3. The second kappa shape index (κ2) is 7.18. The highest BCUT2D eigenvalue weighted by Gasteiger charge is 2.42. The van der Waals surface area contributed by atoms with Crippen LogP contribution in [0.2, 0.25) is 0 Å². The number of hydrogen-bond acceptors (Lipinski definition) is 7. The molecule has 4 heterocycles. The first-order chi connectivity index (χ1) is 13.0. The van der Waals surface area contributed by atoms with Gasteiger partial charge in [0.25, 0.3) is 0 Å². The SMILES string of the molecule is COc1ncc(CN2CCc3[nH]cnc3C2C2CC(C(C)(C)C)NN2)cn1. The molecule has 0 bridgehead atoms. The number of H-pyrrole nitrogens is 1. The molecule has 8 heteroatoms. The fraction of sp³-hybridized carbons (Fsp3) is 0.632. The van der Waals surface area contributed by atoms with Crippen molar-refractivity contribution in [3.05, 3.63) is 35.7 Å². The van der Waals surface area contributed by atoms with Crippen molar-refractivity contribution >= 4 is 0 Å². The van der Waals surface area contributed by atoms with Crippen molar-refractivity contribution in [3.8, 4) is 6.01 Å². The van der Waals surface area contributed by atoms with E-state index < -0.39 is 0 Å². The molecule has 2 aliphatic heterocycles.